The van der Waals surface area contributed by atoms with Crippen LogP contribution in [0.2, 0.25) is 0 Å². The molecule has 0 unspecified atom stereocenters. The molecule has 2 aromatic carbocycles. The molecule has 1 aliphatic heterocycles. The van der Waals surface area contributed by atoms with Gasteiger partial charge in [0, 0.05) is 78.8 Å². The number of hydrogen-bond donors (Lipinski definition) is 1. The molecule has 0 aliphatic carbocycles. The van der Waals surface area contributed by atoms with Crippen LogP contribution in [0.3, 0.4) is 0 Å². The number of aryl methyl sites for hydroxylation is 1. The molecule has 0 radical (unpaired) electrons. The maximum atomic E-state index is 12.4. The number of aldehydes is 1. The van der Waals surface area contributed by atoms with Crippen molar-refractivity contribution in [3.63, 3.8) is 0 Å². The predicted molar refractivity (Wildman–Crippen MR) is 141 cm³/mol. The van der Waals surface area contributed by atoms with E-state index in [-0.39, 0.29) is 0 Å². The first kappa shape index (κ1) is 25.2. The van der Waals surface area contributed by atoms with Crippen LogP contribution in [0.1, 0.15) is 23.6 Å². The number of carbonyl (C=O) groups is 1. The first-order valence-electron chi connectivity index (χ1n) is 11.6. The lowest BCUT2D eigenvalue weighted by atomic mass is 10.1. The molecule has 0 spiro atoms. The van der Waals surface area contributed by atoms with Crippen molar-refractivity contribution in [2.75, 3.05) is 31.1 Å². The number of nitrogens with one attached hydrogen (secondary N) is 1. The summed E-state index contributed by atoms with van der Waals surface area (Å²) < 4.78 is 30.5. The highest BCUT2D eigenvalue weighted by molar-refractivity contribution is 7.87. The highest BCUT2D eigenvalue weighted by Crippen LogP contribution is 2.23. The van der Waals surface area contributed by atoms with Gasteiger partial charge in [-0.05, 0) is 55.5 Å². The molecule has 1 fully saturated rings. The van der Waals surface area contributed by atoms with Gasteiger partial charge < -0.3 is 14.3 Å². The Morgan fingerprint density at radius 2 is 1.69 bits per heavy atom. The van der Waals surface area contributed by atoms with Gasteiger partial charge in [0.25, 0.3) is 10.2 Å². The number of nitriles is 1. The second kappa shape index (κ2) is 10.8. The van der Waals surface area contributed by atoms with Crippen molar-refractivity contribution in [1.29, 1.82) is 5.26 Å². The van der Waals surface area contributed by atoms with Crippen molar-refractivity contribution in [1.82, 2.24) is 13.6 Å². The number of allylic oxidation sites excluding steroid dienone is 1. The summed E-state index contributed by atoms with van der Waals surface area (Å²) in [6, 6.07) is 15.2. The van der Waals surface area contributed by atoms with Crippen LogP contribution in [0.15, 0.2) is 54.7 Å². The number of hydrogen-bond acceptors (Lipinski definition) is 5. The Bertz CT molecular complexity index is 1500. The minimum Gasteiger partial charge on any atom is -0.369 e. The van der Waals surface area contributed by atoms with E-state index in [0.29, 0.717) is 32.5 Å². The lowest BCUT2D eigenvalue weighted by molar-refractivity contribution is -0.108. The molecule has 36 heavy (non-hydrogen) atoms. The number of rotatable bonds is 6. The highest BCUT2D eigenvalue weighted by Gasteiger charge is 2.28. The molecule has 4 rings (SSSR count). The SMILES string of the molecule is C[C@H](C=O)NS(=O)(=O)N1CCN(c2ccc(C#Cc3ccc4c(c3)c(/C=C/C#N)cn4C)cc2)CC1. The van der Waals surface area contributed by atoms with Gasteiger partial charge in [-0.1, -0.05) is 11.8 Å². The Kier molecular flexibility index (Phi) is 7.56. The van der Waals surface area contributed by atoms with E-state index in [0.717, 1.165) is 33.3 Å². The summed E-state index contributed by atoms with van der Waals surface area (Å²) in [6.07, 6.45) is 5.84. The third-order valence-corrected chi connectivity index (χ3v) is 7.77. The zero-order valence-electron chi connectivity index (χ0n) is 20.2. The summed E-state index contributed by atoms with van der Waals surface area (Å²) in [5, 5.41) is 9.89. The van der Waals surface area contributed by atoms with Crippen LogP contribution >= 0.6 is 0 Å². The summed E-state index contributed by atoms with van der Waals surface area (Å²) in [5.74, 6) is 6.43. The van der Waals surface area contributed by atoms with Gasteiger partial charge >= 0.3 is 0 Å². The maximum Gasteiger partial charge on any atom is 0.280 e. The van der Waals surface area contributed by atoms with Crippen molar-refractivity contribution >= 4 is 39.2 Å². The smallest absolute Gasteiger partial charge is 0.280 e. The molecule has 2 heterocycles. The van der Waals surface area contributed by atoms with E-state index < -0.39 is 16.3 Å². The van der Waals surface area contributed by atoms with Crippen LogP contribution in [0.4, 0.5) is 5.69 Å². The average Bonchev–Trinajstić information content (AvgIpc) is 3.20. The Morgan fingerprint density at radius 1 is 1.03 bits per heavy atom. The van der Waals surface area contributed by atoms with E-state index in [4.69, 9.17) is 5.26 Å². The average molecular weight is 502 g/mol. The van der Waals surface area contributed by atoms with E-state index in [1.807, 2.05) is 66.3 Å². The summed E-state index contributed by atoms with van der Waals surface area (Å²) in [7, 11) is -1.70. The maximum absolute atomic E-state index is 12.4. The number of aromatic nitrogens is 1. The number of anilines is 1. The number of carbonyl (C=O) groups excluding carboxylic acids is 1. The topological polar surface area (TPSA) is 98.4 Å². The molecule has 1 N–H and O–H groups in total. The van der Waals surface area contributed by atoms with Gasteiger partial charge in [-0.3, -0.25) is 0 Å². The molecule has 9 heteroatoms. The lowest BCUT2D eigenvalue weighted by Gasteiger charge is -2.35. The van der Waals surface area contributed by atoms with Crippen LogP contribution in [0, 0.1) is 23.2 Å². The zero-order chi connectivity index (χ0) is 25.7. The zero-order valence-corrected chi connectivity index (χ0v) is 21.0. The molecule has 0 bridgehead atoms. The third kappa shape index (κ3) is 5.67. The molecule has 0 amide bonds. The van der Waals surface area contributed by atoms with E-state index in [2.05, 4.69) is 21.5 Å². The van der Waals surface area contributed by atoms with E-state index in [1.165, 1.54) is 17.3 Å². The minimum atomic E-state index is -3.67. The highest BCUT2D eigenvalue weighted by atomic mass is 32.2. The summed E-state index contributed by atoms with van der Waals surface area (Å²) in [5.41, 5.74) is 4.82. The van der Waals surface area contributed by atoms with Crippen molar-refractivity contribution in [2.45, 2.75) is 13.0 Å². The molecule has 1 aromatic heterocycles. The van der Waals surface area contributed by atoms with Gasteiger partial charge in [0.15, 0.2) is 0 Å². The summed E-state index contributed by atoms with van der Waals surface area (Å²) in [6.45, 7) is 3.31. The molecular formula is C27H27N5O3S. The predicted octanol–water partition coefficient (Wildman–Crippen LogP) is 2.66. The normalized spacial score (nSPS) is 15.4. The van der Waals surface area contributed by atoms with Crippen LogP contribution in [-0.2, 0) is 22.1 Å². The molecule has 0 saturated carbocycles. The Balaban J connectivity index is 1.43. The summed E-state index contributed by atoms with van der Waals surface area (Å²) >= 11 is 0. The van der Waals surface area contributed by atoms with Crippen molar-refractivity contribution in [2.24, 2.45) is 7.05 Å². The van der Waals surface area contributed by atoms with E-state index in [1.54, 1.807) is 6.08 Å². The van der Waals surface area contributed by atoms with Gasteiger partial charge in [0.2, 0.25) is 0 Å². The fourth-order valence-corrected chi connectivity index (χ4v) is 5.50. The van der Waals surface area contributed by atoms with Gasteiger partial charge in [-0.2, -0.15) is 22.7 Å². The van der Waals surface area contributed by atoms with Gasteiger partial charge in [-0.15, -0.1) is 0 Å². The minimum absolute atomic E-state index is 0.343. The van der Waals surface area contributed by atoms with Crippen molar-refractivity contribution < 1.29 is 13.2 Å². The quantitative estimate of drug-likeness (QED) is 0.318. The number of nitrogens with zero attached hydrogens (tertiary/aromatic N) is 4. The molecule has 3 aromatic rings. The third-order valence-electron chi connectivity index (χ3n) is 6.06. The Hall–Kier alpha value is -3.89. The monoisotopic (exact) mass is 501 g/mol. The Labute approximate surface area is 211 Å². The number of benzene rings is 2. The number of piperazine rings is 1. The molecule has 1 saturated heterocycles. The first-order valence-corrected chi connectivity index (χ1v) is 13.0. The van der Waals surface area contributed by atoms with Gasteiger partial charge in [0.05, 0.1) is 12.1 Å². The standard InChI is InChI=1S/C27H27N5O3S/c1-21(20-33)29-36(34,35)32-16-14-31(15-17-32)25-10-7-22(8-11-25)5-6-23-9-12-27-26(18-23)24(4-3-13-28)19-30(27)2/h3-4,7-12,18-21,29H,14-17H2,1-2H3/b4-3+/t21-/m1/s1. The van der Waals surface area contributed by atoms with Gasteiger partial charge in [-0.25, -0.2) is 0 Å². The lowest BCUT2D eigenvalue weighted by Crippen LogP contribution is -2.53. The van der Waals surface area contributed by atoms with Crippen LogP contribution in [-0.4, -0.2) is 55.8 Å². The fourth-order valence-electron chi connectivity index (χ4n) is 4.18. The molecule has 1 atom stereocenters. The summed E-state index contributed by atoms with van der Waals surface area (Å²) in [4.78, 5) is 12.9. The van der Waals surface area contributed by atoms with Crippen LogP contribution < -0.4 is 9.62 Å². The molecule has 184 valence electrons. The van der Waals surface area contributed by atoms with Crippen LogP contribution in [0.25, 0.3) is 17.0 Å². The first-order chi connectivity index (χ1) is 17.3. The van der Waals surface area contributed by atoms with Crippen molar-refractivity contribution in [3.05, 3.63) is 71.4 Å². The van der Waals surface area contributed by atoms with Gasteiger partial charge in [0.1, 0.15) is 6.29 Å². The van der Waals surface area contributed by atoms with Crippen LogP contribution in [0.5, 0.6) is 0 Å². The molecular weight excluding hydrogens is 474 g/mol. The molecule has 8 nitrogen and oxygen atoms in total. The number of fused-ring (bicyclic) bond motifs is 1. The van der Waals surface area contributed by atoms with E-state index >= 15 is 0 Å². The second-order valence-corrected chi connectivity index (χ2v) is 10.3. The molecule has 1 aliphatic rings. The largest absolute Gasteiger partial charge is 0.369 e. The van der Waals surface area contributed by atoms with E-state index in [9.17, 15) is 13.2 Å². The Morgan fingerprint density at radius 3 is 2.36 bits per heavy atom. The fraction of sp³-hybridized carbons (Fsp3) is 0.259. The second-order valence-electron chi connectivity index (χ2n) is 8.62. The van der Waals surface area contributed by atoms with Crippen molar-refractivity contribution in [3.8, 4) is 17.9 Å².